The van der Waals surface area contributed by atoms with Crippen molar-refractivity contribution in [1.29, 1.82) is 0 Å². The Kier molecular flexibility index (Phi) is 6.05. The third kappa shape index (κ3) is 5.35. The normalized spacial score (nSPS) is 11.8. The van der Waals surface area contributed by atoms with E-state index < -0.39 is 28.6 Å². The van der Waals surface area contributed by atoms with Crippen LogP contribution in [-0.2, 0) is 15.8 Å². The molecule has 0 saturated heterocycles. The Hall–Kier alpha value is -2.80. The standard InChI is InChI=1S/C18H14ClF3N2O2/c1-11(25)23-16(9-12-5-3-2-4-6-12)17(26)24-13-7-8-15(19)14(10-13)18(20,21)22/h2-10H,1H3,(H,23,25)(H,24,26)/b16-9-. The van der Waals surface area contributed by atoms with Gasteiger partial charge in [0.2, 0.25) is 5.91 Å². The first-order valence-electron chi connectivity index (χ1n) is 7.39. The number of alkyl halides is 3. The SMILES string of the molecule is CC(=O)N/C(=C\c1ccccc1)C(=O)Nc1ccc(Cl)c(C(F)(F)F)c1. The molecule has 0 saturated carbocycles. The molecule has 0 fully saturated rings. The lowest BCUT2D eigenvalue weighted by Gasteiger charge is -2.13. The minimum Gasteiger partial charge on any atom is -0.322 e. The van der Waals surface area contributed by atoms with Crippen molar-refractivity contribution in [2.45, 2.75) is 13.1 Å². The highest BCUT2D eigenvalue weighted by atomic mass is 35.5. The minimum absolute atomic E-state index is 0.101. The Labute approximate surface area is 152 Å². The van der Waals surface area contributed by atoms with Crippen molar-refractivity contribution in [2.75, 3.05) is 5.32 Å². The second kappa shape index (κ2) is 8.05. The molecule has 0 aliphatic heterocycles. The average Bonchev–Trinajstić information content (AvgIpc) is 2.55. The van der Waals surface area contributed by atoms with E-state index in [9.17, 15) is 22.8 Å². The van der Waals surface area contributed by atoms with Gasteiger partial charge in [0.1, 0.15) is 5.70 Å². The number of benzene rings is 2. The van der Waals surface area contributed by atoms with Crippen molar-refractivity contribution in [3.05, 3.63) is 70.4 Å². The number of carbonyl (C=O) groups excluding carboxylic acids is 2. The molecule has 2 aromatic carbocycles. The summed E-state index contributed by atoms with van der Waals surface area (Å²) >= 11 is 5.56. The molecule has 2 rings (SSSR count). The zero-order valence-corrected chi connectivity index (χ0v) is 14.3. The summed E-state index contributed by atoms with van der Waals surface area (Å²) in [7, 11) is 0. The summed E-state index contributed by atoms with van der Waals surface area (Å²) < 4.78 is 38.8. The molecule has 26 heavy (non-hydrogen) atoms. The first-order chi connectivity index (χ1) is 12.2. The predicted octanol–water partition coefficient (Wildman–Crippen LogP) is 4.47. The maximum atomic E-state index is 12.9. The minimum atomic E-state index is -4.65. The third-order valence-corrected chi connectivity index (χ3v) is 3.53. The van der Waals surface area contributed by atoms with Gasteiger partial charge in [0.05, 0.1) is 10.6 Å². The zero-order chi connectivity index (χ0) is 19.3. The number of hydrogen-bond donors (Lipinski definition) is 2. The Morgan fingerprint density at radius 3 is 2.31 bits per heavy atom. The molecule has 0 atom stereocenters. The zero-order valence-electron chi connectivity index (χ0n) is 13.5. The topological polar surface area (TPSA) is 58.2 Å². The van der Waals surface area contributed by atoms with E-state index in [0.29, 0.717) is 5.56 Å². The van der Waals surface area contributed by atoms with E-state index in [1.54, 1.807) is 30.3 Å². The van der Waals surface area contributed by atoms with Gasteiger partial charge in [-0.25, -0.2) is 0 Å². The number of amides is 2. The molecule has 0 aliphatic rings. The molecule has 0 spiro atoms. The van der Waals surface area contributed by atoms with Gasteiger partial charge in [0.15, 0.2) is 0 Å². The number of carbonyl (C=O) groups is 2. The van der Waals surface area contributed by atoms with Crippen molar-refractivity contribution in [3.8, 4) is 0 Å². The van der Waals surface area contributed by atoms with Crippen LogP contribution in [0.4, 0.5) is 18.9 Å². The quantitative estimate of drug-likeness (QED) is 0.766. The number of nitrogens with one attached hydrogen (secondary N) is 2. The Bertz CT molecular complexity index is 849. The van der Waals surface area contributed by atoms with E-state index in [4.69, 9.17) is 11.6 Å². The summed E-state index contributed by atoms with van der Waals surface area (Å²) in [5, 5.41) is 4.22. The van der Waals surface area contributed by atoms with Crippen LogP contribution in [0.15, 0.2) is 54.2 Å². The molecule has 0 heterocycles. The molecule has 2 amide bonds. The first-order valence-corrected chi connectivity index (χ1v) is 7.77. The van der Waals surface area contributed by atoms with Crippen LogP contribution in [-0.4, -0.2) is 11.8 Å². The smallest absolute Gasteiger partial charge is 0.322 e. The van der Waals surface area contributed by atoms with Crippen molar-refractivity contribution in [2.24, 2.45) is 0 Å². The highest BCUT2D eigenvalue weighted by Gasteiger charge is 2.33. The fourth-order valence-corrected chi connectivity index (χ4v) is 2.31. The van der Waals surface area contributed by atoms with Crippen LogP contribution in [0.25, 0.3) is 6.08 Å². The van der Waals surface area contributed by atoms with Gasteiger partial charge >= 0.3 is 6.18 Å². The maximum Gasteiger partial charge on any atom is 0.417 e. The van der Waals surface area contributed by atoms with Crippen molar-refractivity contribution >= 4 is 35.2 Å². The van der Waals surface area contributed by atoms with E-state index in [2.05, 4.69) is 10.6 Å². The summed E-state index contributed by atoms with van der Waals surface area (Å²) in [6, 6.07) is 11.7. The van der Waals surface area contributed by atoms with E-state index in [-0.39, 0.29) is 11.4 Å². The fraction of sp³-hybridized carbons (Fsp3) is 0.111. The Balaban J connectivity index is 2.30. The maximum absolute atomic E-state index is 12.9. The van der Waals surface area contributed by atoms with Crippen LogP contribution >= 0.6 is 11.6 Å². The summed E-state index contributed by atoms with van der Waals surface area (Å²) in [5.41, 5.74) is -0.633. The highest BCUT2D eigenvalue weighted by molar-refractivity contribution is 6.31. The second-order valence-corrected chi connectivity index (χ2v) is 5.70. The first kappa shape index (κ1) is 19.5. The van der Waals surface area contributed by atoms with Gasteiger partial charge in [0, 0.05) is 12.6 Å². The van der Waals surface area contributed by atoms with Crippen LogP contribution in [0.2, 0.25) is 5.02 Å². The van der Waals surface area contributed by atoms with Crippen LogP contribution in [0.3, 0.4) is 0 Å². The monoisotopic (exact) mass is 382 g/mol. The van der Waals surface area contributed by atoms with Crippen molar-refractivity contribution in [1.82, 2.24) is 5.32 Å². The highest BCUT2D eigenvalue weighted by Crippen LogP contribution is 2.36. The van der Waals surface area contributed by atoms with E-state index in [1.807, 2.05) is 0 Å². The number of rotatable bonds is 4. The molecule has 2 aromatic rings. The molecule has 2 N–H and O–H groups in total. The van der Waals surface area contributed by atoms with Crippen LogP contribution < -0.4 is 10.6 Å². The van der Waals surface area contributed by atoms with Gasteiger partial charge in [0.25, 0.3) is 5.91 Å². The molecular weight excluding hydrogens is 369 g/mol. The molecule has 0 unspecified atom stereocenters. The lowest BCUT2D eigenvalue weighted by molar-refractivity contribution is -0.137. The number of halogens is 4. The van der Waals surface area contributed by atoms with Gasteiger partial charge in [-0.3, -0.25) is 9.59 Å². The number of anilines is 1. The second-order valence-electron chi connectivity index (χ2n) is 5.30. The molecule has 4 nitrogen and oxygen atoms in total. The Morgan fingerprint density at radius 1 is 1.08 bits per heavy atom. The van der Waals surface area contributed by atoms with Gasteiger partial charge in [-0.15, -0.1) is 0 Å². The van der Waals surface area contributed by atoms with Crippen LogP contribution in [0.5, 0.6) is 0 Å². The molecule has 0 aromatic heterocycles. The summed E-state index contributed by atoms with van der Waals surface area (Å²) in [5.74, 6) is -1.26. The predicted molar refractivity (Wildman–Crippen MR) is 93.3 cm³/mol. The summed E-state index contributed by atoms with van der Waals surface area (Å²) in [6.07, 6.45) is -3.24. The van der Waals surface area contributed by atoms with E-state index >= 15 is 0 Å². The third-order valence-electron chi connectivity index (χ3n) is 3.20. The fourth-order valence-electron chi connectivity index (χ4n) is 2.08. The van der Waals surface area contributed by atoms with Crippen molar-refractivity contribution < 1.29 is 22.8 Å². The van der Waals surface area contributed by atoms with E-state index in [1.165, 1.54) is 19.1 Å². The van der Waals surface area contributed by atoms with Crippen molar-refractivity contribution in [3.63, 3.8) is 0 Å². The molecule has 136 valence electrons. The molecule has 0 bridgehead atoms. The molecule has 0 aliphatic carbocycles. The molecular formula is C18H14ClF3N2O2. The van der Waals surface area contributed by atoms with Gasteiger partial charge in [-0.1, -0.05) is 41.9 Å². The summed E-state index contributed by atoms with van der Waals surface area (Å²) in [6.45, 7) is 1.22. The molecule has 8 heteroatoms. The largest absolute Gasteiger partial charge is 0.417 e. The van der Waals surface area contributed by atoms with E-state index in [0.717, 1.165) is 12.1 Å². The lowest BCUT2D eigenvalue weighted by atomic mass is 10.1. The van der Waals surface area contributed by atoms with Gasteiger partial charge in [-0.05, 0) is 29.8 Å². The van der Waals surface area contributed by atoms with Gasteiger partial charge in [-0.2, -0.15) is 13.2 Å². The van der Waals surface area contributed by atoms with Gasteiger partial charge < -0.3 is 10.6 Å². The number of hydrogen-bond acceptors (Lipinski definition) is 2. The van der Waals surface area contributed by atoms with Crippen LogP contribution in [0.1, 0.15) is 18.1 Å². The Morgan fingerprint density at radius 2 is 1.73 bits per heavy atom. The lowest BCUT2D eigenvalue weighted by Crippen LogP contribution is -2.29. The van der Waals surface area contributed by atoms with Crippen LogP contribution in [0, 0.1) is 0 Å². The molecule has 0 radical (unpaired) electrons. The average molecular weight is 383 g/mol. The summed E-state index contributed by atoms with van der Waals surface area (Å²) in [4.78, 5) is 23.7.